The van der Waals surface area contributed by atoms with Crippen LogP contribution in [-0.4, -0.2) is 26.1 Å². The molecule has 3 aromatic rings. The quantitative estimate of drug-likeness (QED) is 0.722. The topological polar surface area (TPSA) is 97.5 Å². The minimum Gasteiger partial charge on any atom is -0.364 e. The molecular formula is C17H13N5O. The lowest BCUT2D eigenvalue weighted by Gasteiger charge is -2.07. The second kappa shape index (κ2) is 5.73. The highest BCUT2D eigenvalue weighted by Crippen LogP contribution is 2.23. The van der Waals surface area contributed by atoms with Gasteiger partial charge in [0, 0.05) is 11.1 Å². The van der Waals surface area contributed by atoms with Crippen molar-refractivity contribution in [2.75, 3.05) is 0 Å². The van der Waals surface area contributed by atoms with Crippen molar-refractivity contribution in [1.82, 2.24) is 20.2 Å². The molecular weight excluding hydrogens is 290 g/mol. The molecule has 0 atom stereocenters. The van der Waals surface area contributed by atoms with Crippen molar-refractivity contribution in [3.63, 3.8) is 0 Å². The Bertz CT molecular complexity index is 936. The van der Waals surface area contributed by atoms with Gasteiger partial charge in [0.15, 0.2) is 5.82 Å². The molecule has 0 bridgehead atoms. The number of hydrogen-bond acceptors (Lipinski definition) is 4. The van der Waals surface area contributed by atoms with Crippen molar-refractivity contribution in [2.24, 2.45) is 5.73 Å². The molecule has 0 aliphatic carbocycles. The van der Waals surface area contributed by atoms with Gasteiger partial charge in [0.25, 0.3) is 5.91 Å². The Morgan fingerprint density at radius 1 is 1.30 bits per heavy atom. The third-order valence-corrected chi connectivity index (χ3v) is 3.35. The van der Waals surface area contributed by atoms with Crippen LogP contribution in [0.4, 0.5) is 0 Å². The van der Waals surface area contributed by atoms with Crippen molar-refractivity contribution < 1.29 is 4.79 Å². The number of carbonyl (C=O) groups excluding carboxylic acids is 1. The Labute approximate surface area is 132 Å². The maximum atomic E-state index is 11.6. The number of carbonyl (C=O) groups is 1. The van der Waals surface area contributed by atoms with E-state index in [0.717, 1.165) is 5.56 Å². The van der Waals surface area contributed by atoms with Crippen LogP contribution < -0.4 is 5.73 Å². The minimum atomic E-state index is -0.625. The number of aromatic nitrogens is 4. The van der Waals surface area contributed by atoms with E-state index in [2.05, 4.69) is 26.1 Å². The number of primary amides is 1. The standard InChI is InChI=1S/C17H13N5O/c1-3-11-5-4-6-12(7-11)17-20-13(8-14(21-17)16(18)23)15-10(2)9-19-22-15/h1,4-9H,2H3,(H2,18,23)(H,19,22). The zero-order valence-corrected chi connectivity index (χ0v) is 12.4. The Balaban J connectivity index is 2.21. The molecule has 23 heavy (non-hydrogen) atoms. The van der Waals surface area contributed by atoms with Crippen LogP contribution in [0.5, 0.6) is 0 Å². The summed E-state index contributed by atoms with van der Waals surface area (Å²) in [6, 6.07) is 8.76. The second-order valence-corrected chi connectivity index (χ2v) is 4.98. The zero-order chi connectivity index (χ0) is 16.4. The fourth-order valence-corrected chi connectivity index (χ4v) is 2.18. The molecule has 2 heterocycles. The van der Waals surface area contributed by atoms with Crippen molar-refractivity contribution in [3.8, 4) is 35.1 Å². The maximum Gasteiger partial charge on any atom is 0.267 e. The molecule has 0 saturated heterocycles. The molecule has 0 radical (unpaired) electrons. The molecule has 0 fully saturated rings. The molecule has 0 aliphatic heterocycles. The third kappa shape index (κ3) is 2.80. The molecule has 3 N–H and O–H groups in total. The van der Waals surface area contributed by atoms with E-state index in [1.807, 2.05) is 19.1 Å². The van der Waals surface area contributed by atoms with Crippen LogP contribution >= 0.6 is 0 Å². The smallest absolute Gasteiger partial charge is 0.267 e. The van der Waals surface area contributed by atoms with Crippen LogP contribution in [0.3, 0.4) is 0 Å². The van der Waals surface area contributed by atoms with Gasteiger partial charge in [-0.3, -0.25) is 9.89 Å². The fraction of sp³-hybridized carbons (Fsp3) is 0.0588. The second-order valence-electron chi connectivity index (χ2n) is 4.98. The molecule has 112 valence electrons. The molecule has 3 rings (SSSR count). The van der Waals surface area contributed by atoms with E-state index in [1.54, 1.807) is 18.3 Å². The Hall–Kier alpha value is -3.46. The van der Waals surface area contributed by atoms with Gasteiger partial charge in [-0.1, -0.05) is 18.1 Å². The first-order valence-electron chi connectivity index (χ1n) is 6.85. The van der Waals surface area contributed by atoms with Gasteiger partial charge in [-0.25, -0.2) is 9.97 Å². The maximum absolute atomic E-state index is 11.6. The number of nitrogens with zero attached hydrogens (tertiary/aromatic N) is 3. The summed E-state index contributed by atoms with van der Waals surface area (Å²) in [5.41, 5.74) is 9.10. The summed E-state index contributed by atoms with van der Waals surface area (Å²) in [5.74, 6) is 2.31. The number of terminal acetylenes is 1. The summed E-state index contributed by atoms with van der Waals surface area (Å²) in [6.45, 7) is 1.89. The number of hydrogen-bond donors (Lipinski definition) is 2. The van der Waals surface area contributed by atoms with Gasteiger partial charge in [-0.05, 0) is 30.7 Å². The van der Waals surface area contributed by atoms with Gasteiger partial charge in [-0.2, -0.15) is 5.10 Å². The van der Waals surface area contributed by atoms with E-state index in [4.69, 9.17) is 12.2 Å². The Morgan fingerprint density at radius 2 is 2.13 bits per heavy atom. The van der Waals surface area contributed by atoms with Crippen LogP contribution in [0, 0.1) is 19.3 Å². The van der Waals surface area contributed by atoms with E-state index in [9.17, 15) is 4.79 Å². The summed E-state index contributed by atoms with van der Waals surface area (Å²) in [4.78, 5) is 20.3. The average molecular weight is 303 g/mol. The number of nitrogens with one attached hydrogen (secondary N) is 1. The lowest BCUT2D eigenvalue weighted by atomic mass is 10.1. The minimum absolute atomic E-state index is 0.130. The Morgan fingerprint density at radius 3 is 2.78 bits per heavy atom. The van der Waals surface area contributed by atoms with Crippen LogP contribution in [0.2, 0.25) is 0 Å². The molecule has 1 amide bonds. The molecule has 6 nitrogen and oxygen atoms in total. The summed E-state index contributed by atoms with van der Waals surface area (Å²) < 4.78 is 0. The van der Waals surface area contributed by atoms with E-state index >= 15 is 0 Å². The highest BCUT2D eigenvalue weighted by molar-refractivity contribution is 5.92. The largest absolute Gasteiger partial charge is 0.364 e. The van der Waals surface area contributed by atoms with Gasteiger partial charge in [-0.15, -0.1) is 6.42 Å². The first-order valence-corrected chi connectivity index (χ1v) is 6.85. The monoisotopic (exact) mass is 303 g/mol. The third-order valence-electron chi connectivity index (χ3n) is 3.35. The van der Waals surface area contributed by atoms with Crippen LogP contribution in [0.15, 0.2) is 36.5 Å². The number of rotatable bonds is 3. The number of H-pyrrole nitrogens is 1. The predicted molar refractivity (Wildman–Crippen MR) is 86.2 cm³/mol. The zero-order valence-electron chi connectivity index (χ0n) is 12.4. The van der Waals surface area contributed by atoms with Gasteiger partial charge in [0.05, 0.1) is 17.6 Å². The van der Waals surface area contributed by atoms with Crippen molar-refractivity contribution >= 4 is 5.91 Å². The van der Waals surface area contributed by atoms with Gasteiger partial charge in [0.2, 0.25) is 0 Å². The predicted octanol–water partition coefficient (Wildman–Crippen LogP) is 1.92. The molecule has 0 saturated carbocycles. The number of aryl methyl sites for hydroxylation is 1. The van der Waals surface area contributed by atoms with Crippen LogP contribution in [0.1, 0.15) is 21.6 Å². The van der Waals surface area contributed by atoms with E-state index in [0.29, 0.717) is 28.3 Å². The van der Waals surface area contributed by atoms with Crippen molar-refractivity contribution in [3.05, 3.63) is 53.3 Å². The lowest BCUT2D eigenvalue weighted by Crippen LogP contribution is -2.14. The van der Waals surface area contributed by atoms with E-state index in [1.165, 1.54) is 6.07 Å². The van der Waals surface area contributed by atoms with Gasteiger partial charge < -0.3 is 5.73 Å². The summed E-state index contributed by atoms with van der Waals surface area (Å²) in [6.07, 6.45) is 7.10. The highest BCUT2D eigenvalue weighted by atomic mass is 16.1. The molecule has 6 heteroatoms. The molecule has 0 spiro atoms. The normalized spacial score (nSPS) is 10.3. The van der Waals surface area contributed by atoms with Crippen LogP contribution in [-0.2, 0) is 0 Å². The molecule has 1 aromatic carbocycles. The number of amides is 1. The molecule has 0 aliphatic rings. The van der Waals surface area contributed by atoms with E-state index < -0.39 is 5.91 Å². The fourth-order valence-electron chi connectivity index (χ4n) is 2.18. The average Bonchev–Trinajstić information content (AvgIpc) is 3.00. The summed E-state index contributed by atoms with van der Waals surface area (Å²) in [5, 5.41) is 6.84. The molecule has 2 aromatic heterocycles. The number of benzene rings is 1. The Kier molecular flexibility index (Phi) is 3.61. The number of aromatic amines is 1. The highest BCUT2D eigenvalue weighted by Gasteiger charge is 2.14. The summed E-state index contributed by atoms with van der Waals surface area (Å²) in [7, 11) is 0. The first kappa shape index (κ1) is 14.5. The lowest BCUT2D eigenvalue weighted by molar-refractivity contribution is 0.0995. The SMILES string of the molecule is C#Cc1cccc(-c2nc(C(N)=O)cc(-c3[nH]ncc3C)n2)c1. The first-order chi connectivity index (χ1) is 11.1. The summed E-state index contributed by atoms with van der Waals surface area (Å²) >= 11 is 0. The van der Waals surface area contributed by atoms with Crippen molar-refractivity contribution in [1.29, 1.82) is 0 Å². The van der Waals surface area contributed by atoms with Gasteiger partial charge >= 0.3 is 0 Å². The van der Waals surface area contributed by atoms with Gasteiger partial charge in [0.1, 0.15) is 5.69 Å². The molecule has 0 unspecified atom stereocenters. The van der Waals surface area contributed by atoms with Crippen molar-refractivity contribution in [2.45, 2.75) is 6.92 Å². The van der Waals surface area contributed by atoms with Crippen LogP contribution in [0.25, 0.3) is 22.8 Å². The number of nitrogens with two attached hydrogens (primary N) is 1. The van der Waals surface area contributed by atoms with E-state index in [-0.39, 0.29) is 5.69 Å².